The molecule has 1 amide bonds. The van der Waals surface area contributed by atoms with Gasteiger partial charge in [0.15, 0.2) is 0 Å². The zero-order chi connectivity index (χ0) is 15.9. The number of piperidine rings is 1. The SMILES string of the molecule is CC(N)CC(=O)NCc1ccccc1CN1CCCCC1C.Cl.Cl. The molecular weight excluding hydrogens is 345 g/mol. The lowest BCUT2D eigenvalue weighted by atomic mass is 10.0. The van der Waals surface area contributed by atoms with Crippen LogP contribution < -0.4 is 11.1 Å². The number of halogens is 2. The number of hydrogen-bond donors (Lipinski definition) is 2. The van der Waals surface area contributed by atoms with Gasteiger partial charge >= 0.3 is 0 Å². The zero-order valence-corrected chi connectivity index (χ0v) is 16.3. The number of carbonyl (C=O) groups excluding carboxylic acids is 1. The third kappa shape index (κ3) is 7.39. The summed E-state index contributed by atoms with van der Waals surface area (Å²) in [5.41, 5.74) is 8.19. The van der Waals surface area contributed by atoms with Gasteiger partial charge < -0.3 is 11.1 Å². The minimum Gasteiger partial charge on any atom is -0.352 e. The molecular formula is C18H31Cl2N3O. The van der Waals surface area contributed by atoms with E-state index >= 15 is 0 Å². The summed E-state index contributed by atoms with van der Waals surface area (Å²) in [6, 6.07) is 8.96. The molecule has 1 aliphatic heterocycles. The summed E-state index contributed by atoms with van der Waals surface area (Å²) in [4.78, 5) is 14.3. The molecule has 0 bridgehead atoms. The number of nitrogens with two attached hydrogens (primary N) is 1. The van der Waals surface area contributed by atoms with Gasteiger partial charge in [-0.15, -0.1) is 24.8 Å². The van der Waals surface area contributed by atoms with Crippen LogP contribution in [0.5, 0.6) is 0 Å². The Balaban J connectivity index is 0.00000264. The molecule has 1 heterocycles. The summed E-state index contributed by atoms with van der Waals surface area (Å²) < 4.78 is 0. The van der Waals surface area contributed by atoms with Crippen molar-refractivity contribution < 1.29 is 4.79 Å². The second kappa shape index (κ2) is 11.7. The van der Waals surface area contributed by atoms with E-state index < -0.39 is 0 Å². The Bertz CT molecular complexity index is 497. The van der Waals surface area contributed by atoms with Crippen molar-refractivity contribution >= 4 is 30.7 Å². The quantitative estimate of drug-likeness (QED) is 0.801. The van der Waals surface area contributed by atoms with Gasteiger partial charge in [0.05, 0.1) is 0 Å². The first-order valence-electron chi connectivity index (χ1n) is 8.39. The van der Waals surface area contributed by atoms with Gasteiger partial charge in [0.25, 0.3) is 0 Å². The fourth-order valence-corrected chi connectivity index (χ4v) is 3.05. The van der Waals surface area contributed by atoms with Gasteiger partial charge in [0, 0.05) is 31.6 Å². The van der Waals surface area contributed by atoms with Crippen molar-refractivity contribution in [2.24, 2.45) is 5.73 Å². The molecule has 6 heteroatoms. The van der Waals surface area contributed by atoms with Gasteiger partial charge in [-0.1, -0.05) is 30.7 Å². The second-order valence-corrected chi connectivity index (χ2v) is 6.54. The van der Waals surface area contributed by atoms with Crippen LogP contribution in [-0.2, 0) is 17.9 Å². The molecule has 0 aliphatic carbocycles. The van der Waals surface area contributed by atoms with Gasteiger partial charge in [-0.25, -0.2) is 0 Å². The van der Waals surface area contributed by atoms with Gasteiger partial charge in [-0.2, -0.15) is 0 Å². The maximum atomic E-state index is 11.8. The third-order valence-corrected chi connectivity index (χ3v) is 4.42. The number of benzene rings is 1. The van der Waals surface area contributed by atoms with E-state index in [0.717, 1.165) is 6.54 Å². The molecule has 1 aromatic carbocycles. The van der Waals surface area contributed by atoms with E-state index in [0.29, 0.717) is 19.0 Å². The third-order valence-electron chi connectivity index (χ3n) is 4.42. The first-order chi connectivity index (χ1) is 10.6. The lowest BCUT2D eigenvalue weighted by molar-refractivity contribution is -0.121. The monoisotopic (exact) mass is 375 g/mol. The van der Waals surface area contributed by atoms with Crippen LogP contribution >= 0.6 is 24.8 Å². The molecule has 24 heavy (non-hydrogen) atoms. The molecule has 1 aliphatic rings. The largest absolute Gasteiger partial charge is 0.352 e. The topological polar surface area (TPSA) is 58.4 Å². The number of nitrogens with one attached hydrogen (secondary N) is 1. The number of amides is 1. The Kier molecular flexibility index (Phi) is 11.3. The summed E-state index contributed by atoms with van der Waals surface area (Å²) in [7, 11) is 0. The maximum Gasteiger partial charge on any atom is 0.221 e. The van der Waals surface area contributed by atoms with Crippen LogP contribution in [0.1, 0.15) is 50.7 Å². The Morgan fingerprint density at radius 2 is 1.96 bits per heavy atom. The second-order valence-electron chi connectivity index (χ2n) is 6.54. The molecule has 3 N–H and O–H groups in total. The zero-order valence-electron chi connectivity index (χ0n) is 14.7. The summed E-state index contributed by atoms with van der Waals surface area (Å²) >= 11 is 0. The predicted octanol–water partition coefficient (Wildman–Crippen LogP) is 3.26. The van der Waals surface area contributed by atoms with Gasteiger partial charge in [-0.3, -0.25) is 9.69 Å². The molecule has 2 atom stereocenters. The highest BCUT2D eigenvalue weighted by Crippen LogP contribution is 2.20. The Morgan fingerprint density at radius 3 is 2.58 bits per heavy atom. The summed E-state index contributed by atoms with van der Waals surface area (Å²) in [6.07, 6.45) is 4.29. The van der Waals surface area contributed by atoms with E-state index in [9.17, 15) is 4.79 Å². The first-order valence-corrected chi connectivity index (χ1v) is 8.39. The molecule has 2 unspecified atom stereocenters. The highest BCUT2D eigenvalue weighted by Gasteiger charge is 2.19. The molecule has 1 saturated heterocycles. The van der Waals surface area contributed by atoms with E-state index in [-0.39, 0.29) is 36.8 Å². The van der Waals surface area contributed by atoms with Gasteiger partial charge in [0.1, 0.15) is 0 Å². The molecule has 1 aromatic rings. The first kappa shape index (κ1) is 23.2. The Hall–Kier alpha value is -0.810. The number of nitrogens with zero attached hydrogens (tertiary/aromatic N) is 1. The van der Waals surface area contributed by atoms with E-state index in [4.69, 9.17) is 5.73 Å². The number of carbonyl (C=O) groups is 1. The fraction of sp³-hybridized carbons (Fsp3) is 0.611. The fourth-order valence-electron chi connectivity index (χ4n) is 3.05. The molecule has 138 valence electrons. The predicted molar refractivity (Wildman–Crippen MR) is 105 cm³/mol. The van der Waals surface area contributed by atoms with E-state index in [1.807, 2.05) is 13.0 Å². The highest BCUT2D eigenvalue weighted by molar-refractivity contribution is 5.85. The van der Waals surface area contributed by atoms with Crippen LogP contribution in [0.25, 0.3) is 0 Å². The van der Waals surface area contributed by atoms with Crippen molar-refractivity contribution in [2.45, 2.75) is 64.7 Å². The minimum absolute atomic E-state index is 0. The standard InChI is InChI=1S/C18H29N3O.2ClH/c1-14(19)11-18(22)20-12-16-8-3-4-9-17(16)13-21-10-6-5-7-15(21)2;;/h3-4,8-9,14-15H,5-7,10-13,19H2,1-2H3,(H,20,22);2*1H. The molecule has 0 saturated carbocycles. The van der Waals surface area contributed by atoms with Crippen molar-refractivity contribution in [1.82, 2.24) is 10.2 Å². The van der Waals surface area contributed by atoms with Crippen LogP contribution in [0.4, 0.5) is 0 Å². The van der Waals surface area contributed by atoms with E-state index in [1.54, 1.807) is 0 Å². The van der Waals surface area contributed by atoms with Crippen molar-refractivity contribution in [3.05, 3.63) is 35.4 Å². The maximum absolute atomic E-state index is 11.8. The average Bonchev–Trinajstić information content (AvgIpc) is 2.48. The van der Waals surface area contributed by atoms with Crippen LogP contribution in [0, 0.1) is 0 Å². The van der Waals surface area contributed by atoms with E-state index in [2.05, 4.69) is 35.3 Å². The lowest BCUT2D eigenvalue weighted by Crippen LogP contribution is -2.37. The van der Waals surface area contributed by atoms with Crippen LogP contribution in [0.15, 0.2) is 24.3 Å². The van der Waals surface area contributed by atoms with Crippen molar-refractivity contribution in [3.8, 4) is 0 Å². The van der Waals surface area contributed by atoms with Crippen LogP contribution in [0.2, 0.25) is 0 Å². The number of rotatable bonds is 6. The number of likely N-dealkylation sites (tertiary alicyclic amines) is 1. The number of hydrogen-bond acceptors (Lipinski definition) is 3. The normalized spacial score (nSPS) is 18.9. The van der Waals surface area contributed by atoms with Gasteiger partial charge in [0.2, 0.25) is 5.91 Å². The molecule has 0 radical (unpaired) electrons. The summed E-state index contributed by atoms with van der Waals surface area (Å²) in [5, 5.41) is 2.98. The van der Waals surface area contributed by atoms with Gasteiger partial charge in [-0.05, 0) is 44.4 Å². The minimum atomic E-state index is -0.0931. The average molecular weight is 376 g/mol. The van der Waals surface area contributed by atoms with Crippen molar-refractivity contribution in [1.29, 1.82) is 0 Å². The molecule has 2 rings (SSSR count). The Labute approximate surface area is 158 Å². The lowest BCUT2D eigenvalue weighted by Gasteiger charge is -2.33. The molecule has 0 aromatic heterocycles. The van der Waals surface area contributed by atoms with Crippen LogP contribution in [0.3, 0.4) is 0 Å². The van der Waals surface area contributed by atoms with E-state index in [1.165, 1.54) is 36.9 Å². The summed E-state index contributed by atoms with van der Waals surface area (Å²) in [5.74, 6) is 0.0242. The van der Waals surface area contributed by atoms with Crippen LogP contribution in [-0.4, -0.2) is 29.4 Å². The van der Waals surface area contributed by atoms with Crippen molar-refractivity contribution in [3.63, 3.8) is 0 Å². The Morgan fingerprint density at radius 1 is 1.29 bits per heavy atom. The molecule has 0 spiro atoms. The smallest absolute Gasteiger partial charge is 0.221 e. The van der Waals surface area contributed by atoms with Crippen molar-refractivity contribution in [2.75, 3.05) is 6.54 Å². The molecule has 1 fully saturated rings. The summed E-state index contributed by atoms with van der Waals surface area (Å²) in [6.45, 7) is 6.90. The molecule has 4 nitrogen and oxygen atoms in total. The highest BCUT2D eigenvalue weighted by atomic mass is 35.5.